The first-order chi connectivity index (χ1) is 8.60. The number of nitro benzene ring substituents is 1. The Morgan fingerprint density at radius 1 is 1.50 bits per heavy atom. The van der Waals surface area contributed by atoms with Crippen LogP contribution in [0.3, 0.4) is 0 Å². The van der Waals surface area contributed by atoms with Gasteiger partial charge in [0.25, 0.3) is 5.69 Å². The Balaban J connectivity index is 2.33. The highest BCUT2D eigenvalue weighted by Gasteiger charge is 2.15. The summed E-state index contributed by atoms with van der Waals surface area (Å²) in [6.45, 7) is 0.147. The van der Waals surface area contributed by atoms with Crippen LogP contribution in [0.15, 0.2) is 24.4 Å². The van der Waals surface area contributed by atoms with E-state index in [9.17, 15) is 14.9 Å². The third kappa shape index (κ3) is 2.51. The molecule has 1 aromatic heterocycles. The number of carbonyl (C=O) groups is 1. The molecule has 0 aliphatic rings. The van der Waals surface area contributed by atoms with Crippen molar-refractivity contribution in [2.75, 3.05) is 0 Å². The summed E-state index contributed by atoms with van der Waals surface area (Å²) in [6.07, 6.45) is 1.96. The molecule has 92 valence electrons. The Bertz CT molecular complexity index is 611. The zero-order chi connectivity index (χ0) is 13.1. The summed E-state index contributed by atoms with van der Waals surface area (Å²) in [5.74, 6) is 0. The van der Waals surface area contributed by atoms with Crippen molar-refractivity contribution in [1.82, 2.24) is 15.0 Å². The molecule has 0 saturated heterocycles. The van der Waals surface area contributed by atoms with Crippen LogP contribution in [0.2, 0.25) is 5.02 Å². The topological polar surface area (TPSA) is 90.9 Å². The van der Waals surface area contributed by atoms with Gasteiger partial charge >= 0.3 is 0 Å². The average molecular weight is 267 g/mol. The number of hydrogen-bond donors (Lipinski definition) is 0. The van der Waals surface area contributed by atoms with E-state index in [4.69, 9.17) is 11.6 Å². The molecular formula is C10H7ClN4O3. The Hall–Kier alpha value is -2.28. The lowest BCUT2D eigenvalue weighted by Crippen LogP contribution is -2.03. The van der Waals surface area contributed by atoms with Crippen LogP contribution >= 0.6 is 11.6 Å². The molecule has 18 heavy (non-hydrogen) atoms. The van der Waals surface area contributed by atoms with Gasteiger partial charge in [0.15, 0.2) is 6.29 Å². The third-order valence-corrected chi connectivity index (χ3v) is 2.49. The predicted octanol–water partition coefficient (Wildman–Crippen LogP) is 1.70. The number of halogens is 1. The van der Waals surface area contributed by atoms with Gasteiger partial charge in [-0.2, -0.15) is 0 Å². The SMILES string of the molecule is O=Cc1cn(Cc2ccc(Cl)cc2[N+](=O)[O-])nn1. The lowest BCUT2D eigenvalue weighted by Gasteiger charge is -2.02. The van der Waals surface area contributed by atoms with Gasteiger partial charge in [-0.1, -0.05) is 16.8 Å². The fourth-order valence-corrected chi connectivity index (χ4v) is 1.63. The van der Waals surface area contributed by atoms with Gasteiger partial charge in [-0.3, -0.25) is 14.9 Å². The molecule has 0 aliphatic carbocycles. The fraction of sp³-hybridized carbons (Fsp3) is 0.100. The lowest BCUT2D eigenvalue weighted by atomic mass is 10.2. The van der Waals surface area contributed by atoms with Crippen molar-refractivity contribution in [2.45, 2.75) is 6.54 Å². The standard InChI is InChI=1S/C10H7ClN4O3/c11-8-2-1-7(10(3-8)15(17)18)4-14-5-9(6-16)12-13-14/h1-3,5-6H,4H2. The third-order valence-electron chi connectivity index (χ3n) is 2.25. The second-order valence-corrected chi connectivity index (χ2v) is 3.93. The molecular weight excluding hydrogens is 260 g/mol. The first kappa shape index (κ1) is 12.2. The molecule has 7 nitrogen and oxygen atoms in total. The highest BCUT2D eigenvalue weighted by molar-refractivity contribution is 6.30. The van der Waals surface area contributed by atoms with Crippen molar-refractivity contribution < 1.29 is 9.72 Å². The molecule has 1 heterocycles. The molecule has 0 saturated carbocycles. The van der Waals surface area contributed by atoms with Crippen LogP contribution in [-0.2, 0) is 6.54 Å². The fourth-order valence-electron chi connectivity index (χ4n) is 1.46. The number of nitrogens with zero attached hydrogens (tertiary/aromatic N) is 4. The number of aldehydes is 1. The highest BCUT2D eigenvalue weighted by Crippen LogP contribution is 2.23. The smallest absolute Gasteiger partial charge is 0.275 e. The number of nitro groups is 1. The van der Waals surface area contributed by atoms with Crippen molar-refractivity contribution in [3.8, 4) is 0 Å². The molecule has 8 heteroatoms. The van der Waals surface area contributed by atoms with Crippen LogP contribution in [0, 0.1) is 10.1 Å². The Labute approximate surface area is 106 Å². The summed E-state index contributed by atoms with van der Waals surface area (Å²) in [5.41, 5.74) is 0.518. The maximum absolute atomic E-state index is 10.9. The molecule has 2 rings (SSSR count). The molecule has 0 fully saturated rings. The molecule has 0 unspecified atom stereocenters. The summed E-state index contributed by atoms with van der Waals surface area (Å²) in [6, 6.07) is 4.37. The number of benzene rings is 1. The van der Waals surface area contributed by atoms with Crippen LogP contribution in [0.5, 0.6) is 0 Å². The van der Waals surface area contributed by atoms with Crippen LogP contribution < -0.4 is 0 Å². The zero-order valence-electron chi connectivity index (χ0n) is 8.99. The summed E-state index contributed by atoms with van der Waals surface area (Å²) < 4.78 is 1.35. The summed E-state index contributed by atoms with van der Waals surface area (Å²) in [7, 11) is 0. The summed E-state index contributed by atoms with van der Waals surface area (Å²) >= 11 is 5.70. The van der Waals surface area contributed by atoms with Gasteiger partial charge in [-0.25, -0.2) is 4.68 Å². The van der Waals surface area contributed by atoms with Crippen LogP contribution in [0.25, 0.3) is 0 Å². The minimum Gasteiger partial charge on any atom is -0.296 e. The van der Waals surface area contributed by atoms with Gasteiger partial charge in [-0.15, -0.1) is 5.10 Å². The number of aromatic nitrogens is 3. The van der Waals surface area contributed by atoms with Gasteiger partial charge in [0.2, 0.25) is 0 Å². The zero-order valence-corrected chi connectivity index (χ0v) is 9.74. The predicted molar refractivity (Wildman–Crippen MR) is 62.6 cm³/mol. The van der Waals surface area contributed by atoms with Crippen molar-refractivity contribution >= 4 is 23.6 Å². The van der Waals surface area contributed by atoms with Gasteiger partial charge < -0.3 is 0 Å². The molecule has 0 spiro atoms. The highest BCUT2D eigenvalue weighted by atomic mass is 35.5. The minimum atomic E-state index is -0.515. The Morgan fingerprint density at radius 2 is 2.28 bits per heavy atom. The van der Waals surface area contributed by atoms with Crippen molar-refractivity contribution in [3.05, 3.63) is 50.8 Å². The van der Waals surface area contributed by atoms with Gasteiger partial charge in [0.1, 0.15) is 5.69 Å². The second-order valence-electron chi connectivity index (χ2n) is 3.49. The lowest BCUT2D eigenvalue weighted by molar-refractivity contribution is -0.385. The van der Waals surface area contributed by atoms with E-state index in [1.807, 2.05) is 0 Å². The van der Waals surface area contributed by atoms with Crippen molar-refractivity contribution in [3.63, 3.8) is 0 Å². The van der Waals surface area contributed by atoms with Crippen LogP contribution in [0.4, 0.5) is 5.69 Å². The summed E-state index contributed by atoms with van der Waals surface area (Å²) in [4.78, 5) is 20.8. The first-order valence-corrected chi connectivity index (χ1v) is 5.26. The van der Waals surface area contributed by atoms with Crippen LogP contribution in [-0.4, -0.2) is 26.2 Å². The first-order valence-electron chi connectivity index (χ1n) is 4.88. The molecule has 2 aromatic rings. The van der Waals surface area contributed by atoms with E-state index in [2.05, 4.69) is 10.3 Å². The maximum atomic E-state index is 10.9. The second kappa shape index (κ2) is 4.92. The Morgan fingerprint density at radius 3 is 2.89 bits per heavy atom. The van der Waals surface area contributed by atoms with Gasteiger partial charge in [0.05, 0.1) is 23.2 Å². The van der Waals surface area contributed by atoms with Crippen LogP contribution in [0.1, 0.15) is 16.1 Å². The van der Waals surface area contributed by atoms with Gasteiger partial charge in [-0.05, 0) is 12.1 Å². The molecule has 1 aromatic carbocycles. The largest absolute Gasteiger partial charge is 0.296 e. The van der Waals surface area contributed by atoms with E-state index in [-0.39, 0.29) is 22.9 Å². The average Bonchev–Trinajstić information content (AvgIpc) is 2.79. The molecule has 0 aliphatic heterocycles. The Kier molecular flexibility index (Phi) is 3.33. The van der Waals surface area contributed by atoms with E-state index in [1.54, 1.807) is 12.1 Å². The van der Waals surface area contributed by atoms with Crippen molar-refractivity contribution in [2.24, 2.45) is 0 Å². The van der Waals surface area contributed by atoms with E-state index in [0.29, 0.717) is 11.8 Å². The maximum Gasteiger partial charge on any atom is 0.275 e. The normalized spacial score (nSPS) is 10.3. The van der Waals surface area contributed by atoms with Gasteiger partial charge in [0, 0.05) is 11.1 Å². The van der Waals surface area contributed by atoms with E-state index < -0.39 is 4.92 Å². The molecule has 0 amide bonds. The molecule has 0 radical (unpaired) electrons. The van der Waals surface area contributed by atoms with E-state index in [0.717, 1.165) is 0 Å². The molecule has 0 atom stereocenters. The number of carbonyl (C=O) groups excluding carboxylic acids is 1. The quantitative estimate of drug-likeness (QED) is 0.477. The van der Waals surface area contributed by atoms with E-state index in [1.165, 1.54) is 16.9 Å². The minimum absolute atomic E-state index is 0.0920. The molecule has 0 bridgehead atoms. The summed E-state index contributed by atoms with van der Waals surface area (Å²) in [5, 5.41) is 18.4. The van der Waals surface area contributed by atoms with Crippen molar-refractivity contribution in [1.29, 1.82) is 0 Å². The molecule has 0 N–H and O–H groups in total. The number of hydrogen-bond acceptors (Lipinski definition) is 5. The van der Waals surface area contributed by atoms with E-state index >= 15 is 0 Å². The monoisotopic (exact) mass is 266 g/mol. The number of rotatable bonds is 4.